The van der Waals surface area contributed by atoms with E-state index in [1.807, 2.05) is 25.1 Å². The van der Waals surface area contributed by atoms with E-state index in [-0.39, 0.29) is 5.91 Å². The smallest absolute Gasteiger partial charge is 0.224 e. The van der Waals surface area contributed by atoms with Crippen molar-refractivity contribution in [3.8, 4) is 0 Å². The minimum absolute atomic E-state index is 0.112. The molecule has 0 saturated carbocycles. The molecule has 20 heavy (non-hydrogen) atoms. The van der Waals surface area contributed by atoms with Crippen LogP contribution in [0.4, 0.5) is 5.69 Å². The molecule has 0 spiro atoms. The lowest BCUT2D eigenvalue weighted by molar-refractivity contribution is -0.117. The van der Waals surface area contributed by atoms with Crippen molar-refractivity contribution in [1.82, 2.24) is 5.32 Å². The lowest BCUT2D eigenvalue weighted by Crippen LogP contribution is -2.34. The first-order valence-electron chi connectivity index (χ1n) is 7.32. The van der Waals surface area contributed by atoms with E-state index < -0.39 is 0 Å². The van der Waals surface area contributed by atoms with Crippen LogP contribution < -0.4 is 10.6 Å². The van der Waals surface area contributed by atoms with E-state index in [0.717, 1.165) is 28.8 Å². The molecule has 1 saturated heterocycles. The van der Waals surface area contributed by atoms with Gasteiger partial charge in [0.1, 0.15) is 0 Å². The van der Waals surface area contributed by atoms with Crippen LogP contribution in [0.3, 0.4) is 0 Å². The summed E-state index contributed by atoms with van der Waals surface area (Å²) in [5, 5.41) is 6.42. The Hall–Kier alpha value is -0.870. The highest BCUT2D eigenvalue weighted by molar-refractivity contribution is 9.10. The Morgan fingerprint density at radius 3 is 2.95 bits per heavy atom. The molecule has 2 unspecified atom stereocenters. The molecule has 0 bridgehead atoms. The molecule has 0 aliphatic carbocycles. The van der Waals surface area contributed by atoms with Gasteiger partial charge in [0, 0.05) is 16.6 Å². The van der Waals surface area contributed by atoms with Crippen LogP contribution in [0.15, 0.2) is 22.7 Å². The van der Waals surface area contributed by atoms with Crippen LogP contribution >= 0.6 is 15.9 Å². The van der Waals surface area contributed by atoms with Gasteiger partial charge in [-0.15, -0.1) is 0 Å². The standard InChI is InChI=1S/C16H23BrN2O/c1-11-6-14(17)9-15(7-11)19-16(20)8-12(2)13-4-3-5-18-10-13/h6-7,9,12-13,18H,3-5,8,10H2,1-2H3,(H,19,20). The monoisotopic (exact) mass is 338 g/mol. The summed E-state index contributed by atoms with van der Waals surface area (Å²) in [5.74, 6) is 1.16. The number of halogens is 1. The molecule has 0 radical (unpaired) electrons. The van der Waals surface area contributed by atoms with Crippen LogP contribution in [0.5, 0.6) is 0 Å². The molecule has 1 aromatic rings. The van der Waals surface area contributed by atoms with E-state index in [2.05, 4.69) is 33.5 Å². The zero-order chi connectivity index (χ0) is 14.5. The van der Waals surface area contributed by atoms with Gasteiger partial charge in [-0.1, -0.05) is 22.9 Å². The van der Waals surface area contributed by atoms with Crippen molar-refractivity contribution >= 4 is 27.5 Å². The molecule has 1 heterocycles. The van der Waals surface area contributed by atoms with Crippen LogP contribution in [0.25, 0.3) is 0 Å². The van der Waals surface area contributed by atoms with Crippen molar-refractivity contribution in [2.24, 2.45) is 11.8 Å². The molecular formula is C16H23BrN2O. The van der Waals surface area contributed by atoms with E-state index in [9.17, 15) is 4.79 Å². The fraction of sp³-hybridized carbons (Fsp3) is 0.562. The molecule has 1 amide bonds. The number of benzene rings is 1. The Morgan fingerprint density at radius 2 is 2.30 bits per heavy atom. The van der Waals surface area contributed by atoms with Crippen LogP contribution in [-0.4, -0.2) is 19.0 Å². The second-order valence-electron chi connectivity index (χ2n) is 5.85. The van der Waals surface area contributed by atoms with Gasteiger partial charge in [0.15, 0.2) is 0 Å². The molecule has 2 N–H and O–H groups in total. The van der Waals surface area contributed by atoms with Gasteiger partial charge in [-0.25, -0.2) is 0 Å². The molecular weight excluding hydrogens is 316 g/mol. The zero-order valence-corrected chi connectivity index (χ0v) is 13.8. The fourth-order valence-corrected chi connectivity index (χ4v) is 3.45. The van der Waals surface area contributed by atoms with Gasteiger partial charge >= 0.3 is 0 Å². The van der Waals surface area contributed by atoms with Crippen molar-refractivity contribution in [1.29, 1.82) is 0 Å². The van der Waals surface area contributed by atoms with Gasteiger partial charge in [-0.05, 0) is 68.5 Å². The van der Waals surface area contributed by atoms with Crippen LogP contribution in [0.1, 0.15) is 31.7 Å². The first kappa shape index (κ1) is 15.5. The predicted octanol–water partition coefficient (Wildman–Crippen LogP) is 3.72. The minimum Gasteiger partial charge on any atom is -0.326 e. The van der Waals surface area contributed by atoms with Crippen molar-refractivity contribution in [2.75, 3.05) is 18.4 Å². The van der Waals surface area contributed by atoms with Crippen molar-refractivity contribution in [3.05, 3.63) is 28.2 Å². The highest BCUT2D eigenvalue weighted by Crippen LogP contribution is 2.24. The lowest BCUT2D eigenvalue weighted by Gasteiger charge is -2.28. The fourth-order valence-electron chi connectivity index (χ4n) is 2.84. The maximum Gasteiger partial charge on any atom is 0.224 e. The summed E-state index contributed by atoms with van der Waals surface area (Å²) in [6.07, 6.45) is 3.05. The van der Waals surface area contributed by atoms with Gasteiger partial charge < -0.3 is 10.6 Å². The Labute approximate surface area is 129 Å². The third-order valence-electron chi connectivity index (χ3n) is 3.97. The first-order chi connectivity index (χ1) is 9.54. The number of carbonyl (C=O) groups excluding carboxylic acids is 1. The molecule has 0 aromatic heterocycles. The SMILES string of the molecule is Cc1cc(Br)cc(NC(=O)CC(C)C2CCCNC2)c1. The Balaban J connectivity index is 1.88. The topological polar surface area (TPSA) is 41.1 Å². The third kappa shape index (κ3) is 4.60. The van der Waals surface area contributed by atoms with Gasteiger partial charge in [0.25, 0.3) is 0 Å². The number of hydrogen-bond donors (Lipinski definition) is 2. The highest BCUT2D eigenvalue weighted by atomic mass is 79.9. The molecule has 1 fully saturated rings. The van der Waals surface area contributed by atoms with Crippen molar-refractivity contribution < 1.29 is 4.79 Å². The summed E-state index contributed by atoms with van der Waals surface area (Å²) in [6.45, 7) is 6.37. The van der Waals surface area contributed by atoms with E-state index >= 15 is 0 Å². The number of nitrogens with one attached hydrogen (secondary N) is 2. The molecule has 1 aliphatic heterocycles. The number of rotatable bonds is 4. The number of carbonyl (C=O) groups is 1. The maximum atomic E-state index is 12.1. The molecule has 3 nitrogen and oxygen atoms in total. The number of anilines is 1. The molecule has 4 heteroatoms. The van der Waals surface area contributed by atoms with Gasteiger partial charge in [-0.3, -0.25) is 4.79 Å². The van der Waals surface area contributed by atoms with E-state index in [0.29, 0.717) is 18.3 Å². The largest absolute Gasteiger partial charge is 0.326 e. The Bertz CT molecular complexity index is 449. The van der Waals surface area contributed by atoms with E-state index in [1.54, 1.807) is 0 Å². The van der Waals surface area contributed by atoms with Gasteiger partial charge in [0.2, 0.25) is 5.91 Å². The molecule has 2 rings (SSSR count). The summed E-state index contributed by atoms with van der Waals surface area (Å²) in [6, 6.07) is 5.97. The van der Waals surface area contributed by atoms with Crippen LogP contribution in [-0.2, 0) is 4.79 Å². The van der Waals surface area contributed by atoms with Gasteiger partial charge in [0.05, 0.1) is 0 Å². The Morgan fingerprint density at radius 1 is 1.50 bits per heavy atom. The summed E-state index contributed by atoms with van der Waals surface area (Å²) in [7, 11) is 0. The van der Waals surface area contributed by atoms with Crippen LogP contribution in [0, 0.1) is 18.8 Å². The normalized spacial score (nSPS) is 20.4. The highest BCUT2D eigenvalue weighted by Gasteiger charge is 2.22. The molecule has 1 aliphatic rings. The molecule has 2 atom stereocenters. The average molecular weight is 339 g/mol. The van der Waals surface area contributed by atoms with Gasteiger partial charge in [-0.2, -0.15) is 0 Å². The molecule has 110 valence electrons. The first-order valence-corrected chi connectivity index (χ1v) is 8.11. The van der Waals surface area contributed by atoms with Crippen LogP contribution in [0.2, 0.25) is 0 Å². The quantitative estimate of drug-likeness (QED) is 0.878. The second kappa shape index (κ2) is 7.23. The van der Waals surface area contributed by atoms with Crippen molar-refractivity contribution in [2.45, 2.75) is 33.1 Å². The van der Waals surface area contributed by atoms with Crippen molar-refractivity contribution in [3.63, 3.8) is 0 Å². The van der Waals surface area contributed by atoms with E-state index in [4.69, 9.17) is 0 Å². The number of hydrogen-bond acceptors (Lipinski definition) is 2. The summed E-state index contributed by atoms with van der Waals surface area (Å²) >= 11 is 3.46. The maximum absolute atomic E-state index is 12.1. The summed E-state index contributed by atoms with van der Waals surface area (Å²) < 4.78 is 0.998. The van der Waals surface area contributed by atoms with E-state index in [1.165, 1.54) is 12.8 Å². The zero-order valence-electron chi connectivity index (χ0n) is 12.2. The molecule has 1 aromatic carbocycles. The minimum atomic E-state index is 0.112. The third-order valence-corrected chi connectivity index (χ3v) is 4.43. The second-order valence-corrected chi connectivity index (χ2v) is 6.77. The lowest BCUT2D eigenvalue weighted by atomic mass is 9.85. The number of piperidine rings is 1. The summed E-state index contributed by atoms with van der Waals surface area (Å²) in [4.78, 5) is 12.1. The average Bonchev–Trinajstić information content (AvgIpc) is 2.38. The number of amides is 1. The summed E-state index contributed by atoms with van der Waals surface area (Å²) in [5.41, 5.74) is 2.01. The Kier molecular flexibility index (Phi) is 5.61. The number of aryl methyl sites for hydroxylation is 1. The predicted molar refractivity (Wildman–Crippen MR) is 86.9 cm³/mol.